The standard InChI is InChI=1S/C17H11F3N2O5S/c18-14-5-10(16-7-17(23)22-9-21-16)6-15(19)13(14)8-26-11-1-3-12(4-2-11)27-28(20,24)25/h1-7,9H,8H2,(H,21,22,23). The lowest BCUT2D eigenvalue weighted by Crippen LogP contribution is -2.06. The zero-order chi connectivity index (χ0) is 20.3. The second kappa shape index (κ2) is 7.72. The zero-order valence-electron chi connectivity index (χ0n) is 13.9. The van der Waals surface area contributed by atoms with Crippen molar-refractivity contribution in [1.82, 2.24) is 9.97 Å². The Bertz CT molecular complexity index is 1140. The fourth-order valence-corrected chi connectivity index (χ4v) is 2.62. The summed E-state index contributed by atoms with van der Waals surface area (Å²) in [6.45, 7) is -0.470. The van der Waals surface area contributed by atoms with E-state index in [0.29, 0.717) is 0 Å². The van der Waals surface area contributed by atoms with Crippen LogP contribution in [0.15, 0.2) is 53.6 Å². The predicted octanol–water partition coefficient (Wildman–Crippen LogP) is 2.89. The molecule has 1 aromatic heterocycles. The largest absolute Gasteiger partial charge is 0.489 e. The molecule has 0 aliphatic heterocycles. The van der Waals surface area contributed by atoms with E-state index in [2.05, 4.69) is 14.2 Å². The Balaban J connectivity index is 1.75. The zero-order valence-corrected chi connectivity index (χ0v) is 14.7. The molecule has 0 aliphatic rings. The molecule has 1 N–H and O–H groups in total. The lowest BCUT2D eigenvalue weighted by molar-refractivity contribution is 0.292. The van der Waals surface area contributed by atoms with Gasteiger partial charge in [-0.1, -0.05) is 3.89 Å². The van der Waals surface area contributed by atoms with Crippen LogP contribution in [0.1, 0.15) is 5.56 Å². The Morgan fingerprint density at radius 1 is 1.00 bits per heavy atom. The summed E-state index contributed by atoms with van der Waals surface area (Å²) in [6, 6.07) is 7.85. The highest BCUT2D eigenvalue weighted by molar-refractivity contribution is 7.81. The van der Waals surface area contributed by atoms with E-state index in [9.17, 15) is 25.9 Å². The van der Waals surface area contributed by atoms with Crippen LogP contribution in [0.2, 0.25) is 0 Å². The summed E-state index contributed by atoms with van der Waals surface area (Å²) in [5, 5.41) is 0. The first-order chi connectivity index (χ1) is 13.2. The molecule has 0 spiro atoms. The summed E-state index contributed by atoms with van der Waals surface area (Å²) >= 11 is 0. The van der Waals surface area contributed by atoms with E-state index >= 15 is 0 Å². The summed E-state index contributed by atoms with van der Waals surface area (Å²) in [5.74, 6) is -1.95. The van der Waals surface area contributed by atoms with Gasteiger partial charge in [0.2, 0.25) is 0 Å². The van der Waals surface area contributed by atoms with Gasteiger partial charge in [0, 0.05) is 11.6 Å². The van der Waals surface area contributed by atoms with Crippen molar-refractivity contribution in [1.29, 1.82) is 0 Å². The van der Waals surface area contributed by atoms with Crippen LogP contribution in [-0.2, 0) is 17.1 Å². The lowest BCUT2D eigenvalue weighted by Gasteiger charge is -2.10. The van der Waals surface area contributed by atoms with Gasteiger partial charge in [0.05, 0.1) is 17.6 Å². The molecule has 1 heterocycles. The summed E-state index contributed by atoms with van der Waals surface area (Å²) in [7, 11) is -5.15. The molecule has 0 radical (unpaired) electrons. The number of aromatic nitrogens is 2. The van der Waals surface area contributed by atoms with Crippen molar-refractivity contribution >= 4 is 10.5 Å². The fourth-order valence-electron chi connectivity index (χ4n) is 2.28. The Hall–Kier alpha value is -3.34. The number of benzene rings is 2. The maximum atomic E-state index is 14.3. The van der Waals surface area contributed by atoms with Crippen LogP contribution in [-0.4, -0.2) is 18.4 Å². The summed E-state index contributed by atoms with van der Waals surface area (Å²) < 4.78 is 71.1. The molecule has 0 aliphatic carbocycles. The molecule has 2 aromatic carbocycles. The van der Waals surface area contributed by atoms with Gasteiger partial charge in [-0.25, -0.2) is 13.8 Å². The molecule has 11 heteroatoms. The molecule has 0 saturated heterocycles. The van der Waals surface area contributed by atoms with Crippen molar-refractivity contribution in [3.63, 3.8) is 0 Å². The number of H-pyrrole nitrogens is 1. The van der Waals surface area contributed by atoms with Crippen LogP contribution >= 0.6 is 0 Å². The third-order valence-corrected chi connectivity index (χ3v) is 3.91. The van der Waals surface area contributed by atoms with Crippen molar-refractivity contribution in [3.8, 4) is 22.8 Å². The number of ether oxygens (including phenoxy) is 1. The van der Waals surface area contributed by atoms with Gasteiger partial charge in [0.1, 0.15) is 29.7 Å². The van der Waals surface area contributed by atoms with Gasteiger partial charge in [0.25, 0.3) is 5.56 Å². The number of hydrogen-bond donors (Lipinski definition) is 1. The number of rotatable bonds is 6. The first-order valence-electron chi connectivity index (χ1n) is 7.61. The molecule has 0 saturated carbocycles. The van der Waals surface area contributed by atoms with E-state index in [1.807, 2.05) is 0 Å². The summed E-state index contributed by atoms with van der Waals surface area (Å²) in [5.41, 5.74) is -0.641. The lowest BCUT2D eigenvalue weighted by atomic mass is 10.1. The molecular weight excluding hydrogens is 401 g/mol. The Morgan fingerprint density at radius 2 is 1.61 bits per heavy atom. The van der Waals surface area contributed by atoms with E-state index in [0.717, 1.165) is 36.7 Å². The monoisotopic (exact) mass is 412 g/mol. The van der Waals surface area contributed by atoms with Crippen molar-refractivity contribution < 1.29 is 30.0 Å². The van der Waals surface area contributed by atoms with Crippen LogP contribution in [0.4, 0.5) is 12.7 Å². The summed E-state index contributed by atoms with van der Waals surface area (Å²) in [6.07, 6.45) is 1.12. The average Bonchev–Trinajstić information content (AvgIpc) is 2.61. The topological polar surface area (TPSA) is 98.3 Å². The SMILES string of the molecule is O=c1cc(-c2cc(F)c(COc3ccc(OS(=O)(=O)F)cc3)c(F)c2)nc[nH]1. The molecule has 28 heavy (non-hydrogen) atoms. The molecule has 0 atom stereocenters. The smallest absolute Gasteiger partial charge is 0.488 e. The highest BCUT2D eigenvalue weighted by Gasteiger charge is 2.14. The van der Waals surface area contributed by atoms with Crippen LogP contribution in [0, 0.1) is 11.6 Å². The number of nitrogens with one attached hydrogen (secondary N) is 1. The van der Waals surface area contributed by atoms with Crippen molar-refractivity contribution in [3.05, 3.63) is 76.3 Å². The molecule has 0 amide bonds. The maximum Gasteiger partial charge on any atom is 0.488 e. The first kappa shape index (κ1) is 19.4. The van der Waals surface area contributed by atoms with Crippen molar-refractivity contribution in [2.75, 3.05) is 0 Å². The predicted molar refractivity (Wildman–Crippen MR) is 91.6 cm³/mol. The fraction of sp³-hybridized carbons (Fsp3) is 0.0588. The van der Waals surface area contributed by atoms with Gasteiger partial charge >= 0.3 is 10.5 Å². The van der Waals surface area contributed by atoms with Crippen molar-refractivity contribution in [2.24, 2.45) is 0 Å². The van der Waals surface area contributed by atoms with Gasteiger partial charge in [-0.15, -0.1) is 0 Å². The van der Waals surface area contributed by atoms with Gasteiger partial charge in [-0.05, 0) is 36.4 Å². The van der Waals surface area contributed by atoms with Gasteiger partial charge in [0.15, 0.2) is 0 Å². The first-order valence-corrected chi connectivity index (χ1v) is 8.92. The third kappa shape index (κ3) is 4.88. The molecule has 7 nitrogen and oxygen atoms in total. The second-order valence-electron chi connectivity index (χ2n) is 5.45. The minimum absolute atomic E-state index is 0.0822. The minimum atomic E-state index is -5.15. The Labute approximate surface area is 156 Å². The molecular formula is C17H11F3N2O5S. The molecule has 0 fully saturated rings. The molecule has 0 bridgehead atoms. The Kier molecular flexibility index (Phi) is 5.36. The second-order valence-corrected chi connectivity index (χ2v) is 6.40. The highest BCUT2D eigenvalue weighted by atomic mass is 32.3. The highest BCUT2D eigenvalue weighted by Crippen LogP contribution is 2.25. The third-order valence-electron chi connectivity index (χ3n) is 3.52. The van der Waals surface area contributed by atoms with Crippen LogP contribution < -0.4 is 14.5 Å². The van der Waals surface area contributed by atoms with Crippen LogP contribution in [0.3, 0.4) is 0 Å². The minimum Gasteiger partial charge on any atom is -0.489 e. The van der Waals surface area contributed by atoms with E-state index in [4.69, 9.17) is 4.74 Å². The quantitative estimate of drug-likeness (QED) is 0.625. The van der Waals surface area contributed by atoms with Gasteiger partial charge in [-0.2, -0.15) is 8.42 Å². The number of hydrogen-bond acceptors (Lipinski definition) is 6. The van der Waals surface area contributed by atoms with Gasteiger partial charge < -0.3 is 13.9 Å². The summed E-state index contributed by atoms with van der Waals surface area (Å²) in [4.78, 5) is 17.4. The molecule has 0 unspecified atom stereocenters. The van der Waals surface area contributed by atoms with E-state index < -0.39 is 34.3 Å². The van der Waals surface area contributed by atoms with E-state index in [1.165, 1.54) is 12.1 Å². The number of aromatic amines is 1. The molecule has 3 aromatic rings. The van der Waals surface area contributed by atoms with Crippen molar-refractivity contribution in [2.45, 2.75) is 6.61 Å². The van der Waals surface area contributed by atoms with E-state index in [1.54, 1.807) is 0 Å². The van der Waals surface area contributed by atoms with E-state index in [-0.39, 0.29) is 28.3 Å². The number of halogens is 3. The maximum absolute atomic E-state index is 14.3. The van der Waals surface area contributed by atoms with Gasteiger partial charge in [-0.3, -0.25) is 4.79 Å². The van der Waals surface area contributed by atoms with Crippen LogP contribution in [0.5, 0.6) is 11.5 Å². The molecule has 3 rings (SSSR count). The number of nitrogens with zero attached hydrogens (tertiary/aromatic N) is 1. The van der Waals surface area contributed by atoms with Crippen LogP contribution in [0.25, 0.3) is 11.3 Å². The average molecular weight is 412 g/mol. The molecule has 146 valence electrons. The normalized spacial score (nSPS) is 11.2. The Morgan fingerprint density at radius 3 is 2.18 bits per heavy atom.